The zero-order chi connectivity index (χ0) is 16.9. The average molecular weight is 389 g/mol. The van der Waals surface area contributed by atoms with E-state index >= 15 is 0 Å². The number of pyridine rings is 1. The molecule has 0 aliphatic rings. The summed E-state index contributed by atoms with van der Waals surface area (Å²) in [6.45, 7) is 1.51. The molecule has 1 aromatic heterocycles. The van der Waals surface area contributed by atoms with Crippen LogP contribution in [0.1, 0.15) is 11.1 Å². The summed E-state index contributed by atoms with van der Waals surface area (Å²) < 4.78 is 14.9. The molecule has 124 valence electrons. The number of aromatic nitrogens is 1. The normalized spacial score (nSPS) is 11.3. The van der Waals surface area contributed by atoms with E-state index in [9.17, 15) is 9.50 Å². The number of nitrogens with zero attached hydrogens (tertiary/aromatic N) is 2. The summed E-state index contributed by atoms with van der Waals surface area (Å²) in [6, 6.07) is 14.9. The number of aliphatic hydroxyl groups is 1. The fourth-order valence-electron chi connectivity index (χ4n) is 2.80. The van der Waals surface area contributed by atoms with Gasteiger partial charge in [0.2, 0.25) is 0 Å². The van der Waals surface area contributed by atoms with Crippen molar-refractivity contribution in [3.63, 3.8) is 0 Å². The van der Waals surface area contributed by atoms with Gasteiger partial charge >= 0.3 is 0 Å². The topological polar surface area (TPSA) is 36.4 Å². The van der Waals surface area contributed by atoms with E-state index in [1.807, 2.05) is 35.2 Å². The minimum atomic E-state index is -0.239. The molecule has 0 spiro atoms. The second kappa shape index (κ2) is 7.83. The quantitative estimate of drug-likeness (QED) is 0.689. The first-order chi connectivity index (χ1) is 11.7. The molecule has 3 nitrogen and oxygen atoms in total. The van der Waals surface area contributed by atoms with E-state index in [0.29, 0.717) is 25.2 Å². The summed E-state index contributed by atoms with van der Waals surface area (Å²) in [5, 5.41) is 10.4. The highest BCUT2D eigenvalue weighted by molar-refractivity contribution is 9.10. The lowest BCUT2D eigenvalue weighted by atomic mass is 10.1. The Morgan fingerprint density at radius 3 is 2.67 bits per heavy atom. The van der Waals surface area contributed by atoms with Crippen LogP contribution in [0.4, 0.5) is 4.39 Å². The third-order valence-corrected chi connectivity index (χ3v) is 4.42. The molecule has 1 heterocycles. The number of aliphatic hydroxyl groups excluding tert-OH is 1. The van der Waals surface area contributed by atoms with E-state index in [0.717, 1.165) is 20.9 Å². The lowest BCUT2D eigenvalue weighted by molar-refractivity contribution is 0.183. The summed E-state index contributed by atoms with van der Waals surface area (Å²) in [7, 11) is 0. The maximum Gasteiger partial charge on any atom is 0.127 e. The summed E-state index contributed by atoms with van der Waals surface area (Å²) in [6.07, 6.45) is 1.77. The first-order valence-electron chi connectivity index (χ1n) is 7.77. The van der Waals surface area contributed by atoms with Gasteiger partial charge in [0.05, 0.1) is 12.1 Å². The van der Waals surface area contributed by atoms with Crippen LogP contribution >= 0.6 is 15.9 Å². The van der Waals surface area contributed by atoms with Crippen LogP contribution < -0.4 is 0 Å². The highest BCUT2D eigenvalue weighted by Gasteiger charge is 2.12. The molecule has 0 radical (unpaired) electrons. The molecule has 0 bridgehead atoms. The van der Waals surface area contributed by atoms with Gasteiger partial charge in [0.15, 0.2) is 0 Å². The van der Waals surface area contributed by atoms with Crippen LogP contribution in [-0.4, -0.2) is 28.1 Å². The van der Waals surface area contributed by atoms with Crippen molar-refractivity contribution in [1.82, 2.24) is 9.88 Å². The minimum Gasteiger partial charge on any atom is -0.395 e. The zero-order valence-corrected chi connectivity index (χ0v) is 14.7. The lowest BCUT2D eigenvalue weighted by Crippen LogP contribution is -2.26. The fraction of sp³-hybridized carbons (Fsp3) is 0.211. The Morgan fingerprint density at radius 1 is 1.04 bits per heavy atom. The SMILES string of the molecule is OCCN(Cc1cc(Br)ccc1F)Cc1cccc2cccnc12. The molecule has 3 rings (SSSR count). The van der Waals surface area contributed by atoms with E-state index in [2.05, 4.69) is 20.9 Å². The van der Waals surface area contributed by atoms with Crippen molar-refractivity contribution < 1.29 is 9.50 Å². The fourth-order valence-corrected chi connectivity index (χ4v) is 3.21. The molecule has 0 saturated carbocycles. The third kappa shape index (κ3) is 3.98. The molecule has 5 heteroatoms. The Hall–Kier alpha value is -1.82. The van der Waals surface area contributed by atoms with E-state index in [-0.39, 0.29) is 12.4 Å². The predicted octanol–water partition coefficient (Wildman–Crippen LogP) is 4.13. The number of hydrogen-bond donors (Lipinski definition) is 1. The highest BCUT2D eigenvalue weighted by atomic mass is 79.9. The Morgan fingerprint density at radius 2 is 1.83 bits per heavy atom. The smallest absolute Gasteiger partial charge is 0.127 e. The number of benzene rings is 2. The standard InChI is InChI=1S/C19H18BrFN2O/c20-17-6-7-18(21)16(11-17)13-23(9-10-24)12-15-4-1-3-14-5-2-8-22-19(14)15/h1-8,11,24H,9-10,12-13H2. The molecule has 0 atom stereocenters. The molecular formula is C19H18BrFN2O. The van der Waals surface area contributed by atoms with Crippen LogP contribution in [0, 0.1) is 5.82 Å². The van der Waals surface area contributed by atoms with Crippen molar-refractivity contribution in [2.24, 2.45) is 0 Å². The number of halogens is 2. The van der Waals surface area contributed by atoms with E-state index in [4.69, 9.17) is 0 Å². The van der Waals surface area contributed by atoms with Crippen molar-refractivity contribution in [3.8, 4) is 0 Å². The highest BCUT2D eigenvalue weighted by Crippen LogP contribution is 2.21. The van der Waals surface area contributed by atoms with Gasteiger partial charge in [-0.25, -0.2) is 4.39 Å². The summed E-state index contributed by atoms with van der Waals surface area (Å²) in [5.74, 6) is -0.239. The van der Waals surface area contributed by atoms with Gasteiger partial charge < -0.3 is 5.11 Å². The maximum absolute atomic E-state index is 14.0. The largest absolute Gasteiger partial charge is 0.395 e. The molecule has 0 saturated heterocycles. The van der Waals surface area contributed by atoms with Crippen molar-refractivity contribution in [3.05, 3.63) is 76.1 Å². The summed E-state index contributed by atoms with van der Waals surface area (Å²) in [4.78, 5) is 6.48. The molecule has 0 fully saturated rings. The average Bonchev–Trinajstić information content (AvgIpc) is 2.59. The Bertz CT molecular complexity index is 835. The van der Waals surface area contributed by atoms with Gasteiger partial charge in [-0.3, -0.25) is 9.88 Å². The van der Waals surface area contributed by atoms with Gasteiger partial charge in [0.25, 0.3) is 0 Å². The molecule has 0 amide bonds. The van der Waals surface area contributed by atoms with Gasteiger partial charge in [-0.15, -0.1) is 0 Å². The number of para-hydroxylation sites is 1. The van der Waals surface area contributed by atoms with Crippen molar-refractivity contribution in [2.45, 2.75) is 13.1 Å². The Balaban J connectivity index is 1.87. The van der Waals surface area contributed by atoms with Crippen LogP contribution in [0.15, 0.2) is 59.2 Å². The molecule has 0 unspecified atom stereocenters. The van der Waals surface area contributed by atoms with Gasteiger partial charge in [0.1, 0.15) is 5.82 Å². The van der Waals surface area contributed by atoms with E-state index in [1.54, 1.807) is 18.3 Å². The van der Waals surface area contributed by atoms with E-state index < -0.39 is 0 Å². The summed E-state index contributed by atoms with van der Waals surface area (Å²) >= 11 is 3.38. The minimum absolute atomic E-state index is 0.0216. The van der Waals surface area contributed by atoms with E-state index in [1.165, 1.54) is 6.07 Å². The first-order valence-corrected chi connectivity index (χ1v) is 8.56. The molecular weight excluding hydrogens is 371 g/mol. The number of hydrogen-bond acceptors (Lipinski definition) is 3. The zero-order valence-electron chi connectivity index (χ0n) is 13.1. The van der Waals surface area contributed by atoms with Gasteiger partial charge in [0, 0.05) is 41.3 Å². The van der Waals surface area contributed by atoms with Crippen molar-refractivity contribution in [2.75, 3.05) is 13.2 Å². The number of rotatable bonds is 6. The maximum atomic E-state index is 14.0. The predicted molar refractivity (Wildman–Crippen MR) is 97.0 cm³/mol. The second-order valence-corrected chi connectivity index (χ2v) is 6.58. The third-order valence-electron chi connectivity index (χ3n) is 3.93. The molecule has 24 heavy (non-hydrogen) atoms. The van der Waals surface area contributed by atoms with Crippen LogP contribution in [-0.2, 0) is 13.1 Å². The molecule has 1 N–H and O–H groups in total. The van der Waals surface area contributed by atoms with Gasteiger partial charge in [-0.1, -0.05) is 40.2 Å². The lowest BCUT2D eigenvalue weighted by Gasteiger charge is -2.22. The van der Waals surface area contributed by atoms with Gasteiger partial charge in [-0.2, -0.15) is 0 Å². The molecule has 0 aliphatic heterocycles. The first kappa shape index (κ1) is 17.0. The van der Waals surface area contributed by atoms with Crippen LogP contribution in [0.5, 0.6) is 0 Å². The molecule has 3 aromatic rings. The van der Waals surface area contributed by atoms with Crippen LogP contribution in [0.2, 0.25) is 0 Å². The monoisotopic (exact) mass is 388 g/mol. The number of fused-ring (bicyclic) bond motifs is 1. The summed E-state index contributed by atoms with van der Waals surface area (Å²) in [5.41, 5.74) is 2.61. The van der Waals surface area contributed by atoms with Crippen molar-refractivity contribution in [1.29, 1.82) is 0 Å². The molecule has 2 aromatic carbocycles. The molecule has 0 aliphatic carbocycles. The van der Waals surface area contributed by atoms with Gasteiger partial charge in [-0.05, 0) is 29.8 Å². The van der Waals surface area contributed by atoms with Crippen LogP contribution in [0.25, 0.3) is 10.9 Å². The van der Waals surface area contributed by atoms with Crippen molar-refractivity contribution >= 4 is 26.8 Å². The Labute approximate surface area is 148 Å². The van der Waals surface area contributed by atoms with Crippen LogP contribution in [0.3, 0.4) is 0 Å². The Kier molecular flexibility index (Phi) is 5.56. The second-order valence-electron chi connectivity index (χ2n) is 5.66.